The van der Waals surface area contributed by atoms with E-state index in [4.69, 9.17) is 5.11 Å². The second-order valence-corrected chi connectivity index (χ2v) is 5.33. The van der Waals surface area contributed by atoms with Crippen molar-refractivity contribution in [3.8, 4) is 0 Å². The SMILES string of the molecule is CN1CCC(CCNC(=O)N(C)CCC(=O)O)CC1. The lowest BCUT2D eigenvalue weighted by Crippen LogP contribution is -2.39. The van der Waals surface area contributed by atoms with E-state index >= 15 is 0 Å². The van der Waals surface area contributed by atoms with E-state index in [0.717, 1.165) is 19.5 Å². The molecule has 6 heteroatoms. The fourth-order valence-corrected chi connectivity index (χ4v) is 2.23. The molecule has 2 amide bonds. The van der Waals surface area contributed by atoms with Gasteiger partial charge in [0, 0.05) is 20.1 Å². The van der Waals surface area contributed by atoms with Crippen LogP contribution >= 0.6 is 0 Å². The largest absolute Gasteiger partial charge is 0.481 e. The molecule has 1 saturated heterocycles. The fourth-order valence-electron chi connectivity index (χ4n) is 2.23. The molecule has 1 heterocycles. The summed E-state index contributed by atoms with van der Waals surface area (Å²) in [6, 6.07) is -0.186. The lowest BCUT2D eigenvalue weighted by molar-refractivity contribution is -0.137. The van der Waals surface area contributed by atoms with Crippen LogP contribution in [0.3, 0.4) is 0 Å². The minimum Gasteiger partial charge on any atom is -0.481 e. The molecule has 0 spiro atoms. The van der Waals surface area contributed by atoms with E-state index in [9.17, 15) is 9.59 Å². The van der Waals surface area contributed by atoms with Crippen LogP contribution in [-0.4, -0.2) is 67.2 Å². The number of carbonyl (C=O) groups is 2. The standard InChI is InChI=1S/C13H25N3O3/c1-15-8-4-11(5-9-15)3-7-14-13(19)16(2)10-6-12(17)18/h11H,3-10H2,1-2H3,(H,14,19)(H,17,18). The Hall–Kier alpha value is -1.30. The zero-order chi connectivity index (χ0) is 14.3. The zero-order valence-corrected chi connectivity index (χ0v) is 11.9. The van der Waals surface area contributed by atoms with Gasteiger partial charge < -0.3 is 20.2 Å². The van der Waals surface area contributed by atoms with Crippen molar-refractivity contribution in [3.05, 3.63) is 0 Å². The van der Waals surface area contributed by atoms with Crippen LogP contribution in [0.4, 0.5) is 4.79 Å². The van der Waals surface area contributed by atoms with Crippen LogP contribution in [0.2, 0.25) is 0 Å². The maximum absolute atomic E-state index is 11.7. The first-order valence-electron chi connectivity index (χ1n) is 6.88. The van der Waals surface area contributed by atoms with Gasteiger partial charge in [-0.1, -0.05) is 0 Å². The summed E-state index contributed by atoms with van der Waals surface area (Å²) in [4.78, 5) is 25.8. The number of carboxylic acid groups (broad SMARTS) is 1. The lowest BCUT2D eigenvalue weighted by atomic mass is 9.94. The van der Waals surface area contributed by atoms with Crippen LogP contribution in [-0.2, 0) is 4.79 Å². The first-order chi connectivity index (χ1) is 8.99. The average molecular weight is 271 g/mol. The Morgan fingerprint density at radius 3 is 2.58 bits per heavy atom. The Kier molecular flexibility index (Phi) is 6.62. The van der Waals surface area contributed by atoms with Crippen molar-refractivity contribution in [1.82, 2.24) is 15.1 Å². The highest BCUT2D eigenvalue weighted by Gasteiger charge is 2.17. The number of amides is 2. The summed E-state index contributed by atoms with van der Waals surface area (Å²) >= 11 is 0. The van der Waals surface area contributed by atoms with Gasteiger partial charge in [0.15, 0.2) is 0 Å². The summed E-state index contributed by atoms with van der Waals surface area (Å²) in [7, 11) is 3.75. The predicted molar refractivity (Wildman–Crippen MR) is 73.1 cm³/mol. The van der Waals surface area contributed by atoms with Crippen LogP contribution in [0.15, 0.2) is 0 Å². The lowest BCUT2D eigenvalue weighted by Gasteiger charge is -2.29. The van der Waals surface area contributed by atoms with E-state index in [2.05, 4.69) is 17.3 Å². The smallest absolute Gasteiger partial charge is 0.317 e. The number of urea groups is 1. The van der Waals surface area contributed by atoms with Gasteiger partial charge in [-0.15, -0.1) is 0 Å². The Morgan fingerprint density at radius 2 is 2.00 bits per heavy atom. The van der Waals surface area contributed by atoms with Crippen molar-refractivity contribution in [2.24, 2.45) is 5.92 Å². The van der Waals surface area contributed by atoms with Gasteiger partial charge in [-0.05, 0) is 45.3 Å². The number of carbonyl (C=O) groups excluding carboxylic acids is 1. The highest BCUT2D eigenvalue weighted by Crippen LogP contribution is 2.18. The third-order valence-corrected chi connectivity index (χ3v) is 3.67. The molecule has 1 fully saturated rings. The molecular weight excluding hydrogens is 246 g/mol. The molecule has 0 saturated carbocycles. The summed E-state index contributed by atoms with van der Waals surface area (Å²) in [6.45, 7) is 3.19. The summed E-state index contributed by atoms with van der Waals surface area (Å²) in [5, 5.41) is 11.4. The highest BCUT2D eigenvalue weighted by molar-refractivity contribution is 5.74. The zero-order valence-electron chi connectivity index (χ0n) is 11.9. The van der Waals surface area contributed by atoms with Crippen molar-refractivity contribution in [2.45, 2.75) is 25.7 Å². The quantitative estimate of drug-likeness (QED) is 0.750. The molecule has 1 rings (SSSR count). The van der Waals surface area contributed by atoms with Crippen LogP contribution < -0.4 is 5.32 Å². The number of hydrogen-bond acceptors (Lipinski definition) is 3. The molecule has 0 aromatic carbocycles. The van der Waals surface area contributed by atoms with Gasteiger partial charge in [-0.3, -0.25) is 4.79 Å². The van der Waals surface area contributed by atoms with Crippen LogP contribution in [0.1, 0.15) is 25.7 Å². The minimum atomic E-state index is -0.883. The van der Waals surface area contributed by atoms with E-state index in [1.165, 1.54) is 17.7 Å². The van der Waals surface area contributed by atoms with Crippen molar-refractivity contribution < 1.29 is 14.7 Å². The van der Waals surface area contributed by atoms with E-state index in [1.807, 2.05) is 0 Å². The Balaban J connectivity index is 2.11. The molecule has 2 N–H and O–H groups in total. The van der Waals surface area contributed by atoms with E-state index in [0.29, 0.717) is 12.5 Å². The highest BCUT2D eigenvalue weighted by atomic mass is 16.4. The average Bonchev–Trinajstić information content (AvgIpc) is 2.38. The third-order valence-electron chi connectivity index (χ3n) is 3.67. The fraction of sp³-hybridized carbons (Fsp3) is 0.846. The molecule has 0 unspecified atom stereocenters. The number of carboxylic acids is 1. The number of piperidine rings is 1. The number of aliphatic carboxylic acids is 1. The Morgan fingerprint density at radius 1 is 1.37 bits per heavy atom. The van der Waals surface area contributed by atoms with Crippen molar-refractivity contribution in [2.75, 3.05) is 40.3 Å². The number of rotatable bonds is 6. The third kappa shape index (κ3) is 6.42. The first kappa shape index (κ1) is 15.8. The molecular formula is C13H25N3O3. The van der Waals surface area contributed by atoms with E-state index in [-0.39, 0.29) is 19.0 Å². The van der Waals surface area contributed by atoms with Gasteiger partial charge in [0.05, 0.1) is 6.42 Å². The molecule has 0 radical (unpaired) electrons. The summed E-state index contributed by atoms with van der Waals surface area (Å²) in [5.74, 6) is -0.188. The molecule has 1 aliphatic heterocycles. The minimum absolute atomic E-state index is 0.0150. The second-order valence-electron chi connectivity index (χ2n) is 5.33. The van der Waals surface area contributed by atoms with Gasteiger partial charge in [0.25, 0.3) is 0 Å². The maximum Gasteiger partial charge on any atom is 0.317 e. The number of hydrogen-bond donors (Lipinski definition) is 2. The van der Waals surface area contributed by atoms with Gasteiger partial charge in [-0.25, -0.2) is 4.79 Å². The molecule has 0 aromatic heterocycles. The molecule has 0 atom stereocenters. The summed E-state index contributed by atoms with van der Waals surface area (Å²) in [6.07, 6.45) is 3.38. The Labute approximate surface area is 114 Å². The van der Waals surface area contributed by atoms with Crippen molar-refractivity contribution >= 4 is 12.0 Å². The van der Waals surface area contributed by atoms with Gasteiger partial charge in [0.2, 0.25) is 0 Å². The first-order valence-corrected chi connectivity index (χ1v) is 6.88. The van der Waals surface area contributed by atoms with E-state index in [1.54, 1.807) is 7.05 Å². The molecule has 0 aromatic rings. The molecule has 19 heavy (non-hydrogen) atoms. The number of nitrogens with one attached hydrogen (secondary N) is 1. The second kappa shape index (κ2) is 7.99. The van der Waals surface area contributed by atoms with Gasteiger partial charge in [-0.2, -0.15) is 0 Å². The van der Waals surface area contributed by atoms with Gasteiger partial charge >= 0.3 is 12.0 Å². The summed E-state index contributed by atoms with van der Waals surface area (Å²) < 4.78 is 0. The molecule has 1 aliphatic rings. The number of nitrogens with zero attached hydrogens (tertiary/aromatic N) is 2. The monoisotopic (exact) mass is 271 g/mol. The van der Waals surface area contributed by atoms with Crippen LogP contribution in [0.25, 0.3) is 0 Å². The molecule has 0 bridgehead atoms. The Bertz CT molecular complexity index is 302. The van der Waals surface area contributed by atoms with Crippen molar-refractivity contribution in [3.63, 3.8) is 0 Å². The predicted octanol–water partition coefficient (Wildman–Crippen LogP) is 0.834. The van der Waals surface area contributed by atoms with Gasteiger partial charge in [0.1, 0.15) is 0 Å². The molecule has 6 nitrogen and oxygen atoms in total. The number of likely N-dealkylation sites (tertiary alicyclic amines) is 1. The van der Waals surface area contributed by atoms with Crippen LogP contribution in [0.5, 0.6) is 0 Å². The van der Waals surface area contributed by atoms with Crippen molar-refractivity contribution in [1.29, 1.82) is 0 Å². The summed E-state index contributed by atoms with van der Waals surface area (Å²) in [5.41, 5.74) is 0. The normalized spacial score (nSPS) is 17.2. The molecule has 0 aliphatic carbocycles. The maximum atomic E-state index is 11.7. The molecule has 110 valence electrons. The van der Waals surface area contributed by atoms with Crippen LogP contribution in [0, 0.1) is 5.92 Å². The topological polar surface area (TPSA) is 72.9 Å². The van der Waals surface area contributed by atoms with E-state index < -0.39 is 5.97 Å².